The van der Waals surface area contributed by atoms with Crippen molar-refractivity contribution in [1.29, 1.82) is 0 Å². The standard InChI is InChI=1S/C15H22FN3O2/c1-10(17)15(21)18-9-11-2-3-14(13(16)8-11)19-6-4-12(20)5-7-19/h2-3,8,10,12,20H,4-7,9,17H2,1H3,(H,18,21)/t10-/m0/s1. The summed E-state index contributed by atoms with van der Waals surface area (Å²) in [4.78, 5) is 13.3. The number of aliphatic hydroxyl groups excluding tert-OH is 1. The maximum absolute atomic E-state index is 14.2. The number of halogens is 1. The number of rotatable bonds is 4. The van der Waals surface area contributed by atoms with E-state index in [0.717, 1.165) is 0 Å². The molecule has 0 bridgehead atoms. The summed E-state index contributed by atoms with van der Waals surface area (Å²) < 4.78 is 14.2. The van der Waals surface area contributed by atoms with Gasteiger partial charge in [0.05, 0.1) is 17.8 Å². The van der Waals surface area contributed by atoms with E-state index in [4.69, 9.17) is 5.73 Å². The molecule has 0 aliphatic carbocycles. The van der Waals surface area contributed by atoms with E-state index in [1.807, 2.05) is 4.90 Å². The number of benzene rings is 1. The van der Waals surface area contributed by atoms with Crippen LogP contribution in [-0.4, -0.2) is 36.2 Å². The van der Waals surface area contributed by atoms with E-state index in [9.17, 15) is 14.3 Å². The van der Waals surface area contributed by atoms with E-state index >= 15 is 0 Å². The van der Waals surface area contributed by atoms with Crippen molar-refractivity contribution < 1.29 is 14.3 Å². The van der Waals surface area contributed by atoms with Gasteiger partial charge in [0.1, 0.15) is 5.82 Å². The maximum Gasteiger partial charge on any atom is 0.236 e. The van der Waals surface area contributed by atoms with Gasteiger partial charge in [0.15, 0.2) is 0 Å². The summed E-state index contributed by atoms with van der Waals surface area (Å²) in [6.07, 6.45) is 1.04. The molecule has 6 heteroatoms. The number of piperidine rings is 1. The molecule has 0 unspecified atom stereocenters. The van der Waals surface area contributed by atoms with Gasteiger partial charge in [0.2, 0.25) is 5.91 Å². The number of anilines is 1. The lowest BCUT2D eigenvalue weighted by Gasteiger charge is -2.31. The van der Waals surface area contributed by atoms with E-state index < -0.39 is 6.04 Å². The third-order valence-corrected chi connectivity index (χ3v) is 3.70. The Kier molecular flexibility index (Phi) is 5.14. The number of nitrogens with one attached hydrogen (secondary N) is 1. The molecule has 1 atom stereocenters. The molecule has 1 aromatic carbocycles. The molecule has 0 aromatic heterocycles. The van der Waals surface area contributed by atoms with Crippen molar-refractivity contribution in [1.82, 2.24) is 5.32 Å². The fourth-order valence-corrected chi connectivity index (χ4v) is 2.37. The van der Waals surface area contributed by atoms with Crippen LogP contribution >= 0.6 is 0 Å². The number of hydrogen-bond acceptors (Lipinski definition) is 4. The molecular formula is C15H22FN3O2. The van der Waals surface area contributed by atoms with Crippen LogP contribution in [0.3, 0.4) is 0 Å². The van der Waals surface area contributed by atoms with Gasteiger partial charge in [-0.2, -0.15) is 0 Å². The quantitative estimate of drug-likeness (QED) is 0.766. The van der Waals surface area contributed by atoms with E-state index in [1.165, 1.54) is 6.07 Å². The van der Waals surface area contributed by atoms with Crippen LogP contribution in [0.15, 0.2) is 18.2 Å². The van der Waals surface area contributed by atoms with E-state index in [2.05, 4.69) is 5.32 Å². The lowest BCUT2D eigenvalue weighted by atomic mass is 10.1. The molecule has 5 nitrogen and oxygen atoms in total. The minimum absolute atomic E-state index is 0.260. The van der Waals surface area contributed by atoms with Gasteiger partial charge in [-0.05, 0) is 37.5 Å². The minimum atomic E-state index is -0.575. The molecule has 0 spiro atoms. The van der Waals surface area contributed by atoms with Crippen LogP contribution in [0.2, 0.25) is 0 Å². The zero-order valence-corrected chi connectivity index (χ0v) is 12.2. The topological polar surface area (TPSA) is 78.6 Å². The molecule has 1 saturated heterocycles. The Morgan fingerprint density at radius 2 is 2.19 bits per heavy atom. The number of nitrogens with zero attached hydrogens (tertiary/aromatic N) is 1. The number of nitrogens with two attached hydrogens (primary N) is 1. The smallest absolute Gasteiger partial charge is 0.236 e. The minimum Gasteiger partial charge on any atom is -0.393 e. The Morgan fingerprint density at radius 3 is 2.76 bits per heavy atom. The fourth-order valence-electron chi connectivity index (χ4n) is 2.37. The van der Waals surface area contributed by atoms with Gasteiger partial charge in [-0.15, -0.1) is 0 Å². The lowest BCUT2D eigenvalue weighted by molar-refractivity contribution is -0.122. The maximum atomic E-state index is 14.2. The first-order valence-electron chi connectivity index (χ1n) is 7.22. The summed E-state index contributed by atoms with van der Waals surface area (Å²) >= 11 is 0. The molecule has 1 aromatic rings. The van der Waals surface area contributed by atoms with Crippen molar-refractivity contribution in [3.05, 3.63) is 29.6 Å². The highest BCUT2D eigenvalue weighted by molar-refractivity contribution is 5.80. The highest BCUT2D eigenvalue weighted by atomic mass is 19.1. The second kappa shape index (κ2) is 6.87. The van der Waals surface area contributed by atoms with Crippen LogP contribution in [0.1, 0.15) is 25.3 Å². The summed E-state index contributed by atoms with van der Waals surface area (Å²) in [5, 5.41) is 12.1. The van der Waals surface area contributed by atoms with Crippen molar-refractivity contribution in [3.63, 3.8) is 0 Å². The molecule has 0 saturated carbocycles. The second-order valence-electron chi connectivity index (χ2n) is 5.51. The Hall–Kier alpha value is -1.66. The van der Waals surface area contributed by atoms with E-state index in [1.54, 1.807) is 19.1 Å². The third kappa shape index (κ3) is 4.15. The SMILES string of the molecule is C[C@H](N)C(=O)NCc1ccc(N2CCC(O)CC2)c(F)c1. The monoisotopic (exact) mass is 295 g/mol. The number of hydrogen-bond donors (Lipinski definition) is 3. The van der Waals surface area contributed by atoms with Gasteiger partial charge < -0.3 is 21.1 Å². The van der Waals surface area contributed by atoms with Crippen LogP contribution in [-0.2, 0) is 11.3 Å². The highest BCUT2D eigenvalue weighted by Crippen LogP contribution is 2.24. The van der Waals surface area contributed by atoms with Gasteiger partial charge >= 0.3 is 0 Å². The molecule has 4 N–H and O–H groups in total. The molecule has 1 heterocycles. The summed E-state index contributed by atoms with van der Waals surface area (Å²) in [5.74, 6) is -0.566. The van der Waals surface area contributed by atoms with Crippen LogP contribution in [0.25, 0.3) is 0 Å². The predicted molar refractivity (Wildman–Crippen MR) is 79.3 cm³/mol. The first-order valence-corrected chi connectivity index (χ1v) is 7.22. The Bertz CT molecular complexity index is 500. The van der Waals surface area contributed by atoms with Gasteiger partial charge in [-0.3, -0.25) is 4.79 Å². The zero-order valence-electron chi connectivity index (χ0n) is 12.2. The largest absolute Gasteiger partial charge is 0.393 e. The summed E-state index contributed by atoms with van der Waals surface area (Å²) in [5.41, 5.74) is 6.69. The van der Waals surface area contributed by atoms with Crippen LogP contribution in [0.4, 0.5) is 10.1 Å². The average Bonchev–Trinajstić information content (AvgIpc) is 2.46. The summed E-state index contributed by atoms with van der Waals surface area (Å²) in [6, 6.07) is 4.38. The molecule has 0 radical (unpaired) electrons. The van der Waals surface area contributed by atoms with Crippen molar-refractivity contribution in [2.45, 2.75) is 38.5 Å². The van der Waals surface area contributed by atoms with Crippen molar-refractivity contribution in [2.24, 2.45) is 5.73 Å². The molecule has 1 aliphatic heterocycles. The van der Waals surface area contributed by atoms with E-state index in [0.29, 0.717) is 37.2 Å². The van der Waals surface area contributed by atoms with Gasteiger partial charge in [-0.25, -0.2) is 4.39 Å². The van der Waals surface area contributed by atoms with Crippen LogP contribution < -0.4 is 16.0 Å². The summed E-state index contributed by atoms with van der Waals surface area (Å²) in [7, 11) is 0. The van der Waals surface area contributed by atoms with Crippen molar-refractivity contribution in [2.75, 3.05) is 18.0 Å². The normalized spacial score (nSPS) is 17.6. The Labute approximate surface area is 123 Å². The Morgan fingerprint density at radius 1 is 1.52 bits per heavy atom. The van der Waals surface area contributed by atoms with Gasteiger partial charge in [-0.1, -0.05) is 6.07 Å². The molecule has 2 rings (SSSR count). The Balaban J connectivity index is 1.99. The first kappa shape index (κ1) is 15.7. The number of carbonyl (C=O) groups is 1. The van der Waals surface area contributed by atoms with E-state index in [-0.39, 0.29) is 24.4 Å². The van der Waals surface area contributed by atoms with Gasteiger partial charge in [0, 0.05) is 19.6 Å². The number of carbonyl (C=O) groups excluding carboxylic acids is 1. The molecule has 116 valence electrons. The molecule has 21 heavy (non-hydrogen) atoms. The third-order valence-electron chi connectivity index (χ3n) is 3.70. The average molecular weight is 295 g/mol. The second-order valence-corrected chi connectivity index (χ2v) is 5.51. The number of aliphatic hydroxyl groups is 1. The first-order chi connectivity index (χ1) is 9.97. The predicted octanol–water partition coefficient (Wildman–Crippen LogP) is 0.750. The number of amides is 1. The summed E-state index contributed by atoms with van der Waals surface area (Å²) in [6.45, 7) is 3.16. The lowest BCUT2D eigenvalue weighted by Crippen LogP contribution is -2.38. The molecule has 1 amide bonds. The molecule has 1 aliphatic rings. The fraction of sp³-hybridized carbons (Fsp3) is 0.533. The van der Waals surface area contributed by atoms with Crippen LogP contribution in [0, 0.1) is 5.82 Å². The molecular weight excluding hydrogens is 273 g/mol. The van der Waals surface area contributed by atoms with Crippen molar-refractivity contribution in [3.8, 4) is 0 Å². The van der Waals surface area contributed by atoms with Crippen LogP contribution in [0.5, 0.6) is 0 Å². The molecule has 1 fully saturated rings. The highest BCUT2D eigenvalue weighted by Gasteiger charge is 2.19. The zero-order chi connectivity index (χ0) is 15.4. The van der Waals surface area contributed by atoms with Crippen molar-refractivity contribution >= 4 is 11.6 Å². The van der Waals surface area contributed by atoms with Gasteiger partial charge in [0.25, 0.3) is 0 Å².